The van der Waals surface area contributed by atoms with Gasteiger partial charge in [0.25, 0.3) is 23.6 Å². The van der Waals surface area contributed by atoms with Crippen LogP contribution in [-0.4, -0.2) is 59.7 Å². The molecule has 0 radical (unpaired) electrons. The number of imide groups is 2. The molecule has 10 heteroatoms. The molecule has 0 aromatic heterocycles. The third-order valence-electron chi connectivity index (χ3n) is 6.75. The Morgan fingerprint density at radius 3 is 1.16 bits per heavy atom. The van der Waals surface area contributed by atoms with Crippen molar-refractivity contribution in [2.24, 2.45) is 0 Å². The number of carbonyl (C=O) groups excluding carboxylic acids is 4. The fourth-order valence-electron chi connectivity index (χ4n) is 4.69. The second-order valence-corrected chi connectivity index (χ2v) is 10.5. The number of carbonyl (C=O) groups is 4. The molecule has 2 aliphatic heterocycles. The van der Waals surface area contributed by atoms with Crippen LogP contribution < -0.4 is 0 Å². The van der Waals surface area contributed by atoms with E-state index < -0.39 is 8.25 Å². The highest BCUT2D eigenvalue weighted by atomic mass is 31.1. The highest BCUT2D eigenvalue weighted by Gasteiger charge is 2.35. The molecular weight excluding hydrogens is 507 g/mol. The minimum atomic E-state index is -2.53. The van der Waals surface area contributed by atoms with E-state index in [-0.39, 0.29) is 23.6 Å². The van der Waals surface area contributed by atoms with E-state index in [2.05, 4.69) is 0 Å². The van der Waals surface area contributed by atoms with Crippen LogP contribution in [-0.2, 0) is 13.6 Å². The Morgan fingerprint density at radius 2 is 0.816 bits per heavy atom. The number of hydrogen-bond acceptors (Lipinski definition) is 7. The molecular formula is C28H33N2O7P. The molecule has 2 aromatic rings. The number of hydrogen-bond donors (Lipinski definition) is 0. The number of amides is 4. The van der Waals surface area contributed by atoms with Crippen LogP contribution in [0.1, 0.15) is 92.8 Å². The Bertz CT molecular complexity index is 1050. The minimum absolute atomic E-state index is 0.229. The maximum atomic E-state index is 12.3. The normalized spacial score (nSPS) is 14.7. The van der Waals surface area contributed by atoms with E-state index in [0.29, 0.717) is 61.4 Å². The summed E-state index contributed by atoms with van der Waals surface area (Å²) >= 11 is 0. The van der Waals surface area contributed by atoms with E-state index in [1.54, 1.807) is 48.5 Å². The first-order chi connectivity index (χ1) is 18.5. The molecule has 0 unspecified atom stereocenters. The first kappa shape index (κ1) is 27.9. The molecule has 0 atom stereocenters. The summed E-state index contributed by atoms with van der Waals surface area (Å²) in [5, 5.41) is 0. The van der Waals surface area contributed by atoms with Gasteiger partial charge in [-0.2, -0.15) is 0 Å². The molecule has 4 rings (SSSR count). The molecule has 9 nitrogen and oxygen atoms in total. The van der Waals surface area contributed by atoms with Gasteiger partial charge in [-0.25, -0.2) is 0 Å². The van der Waals surface area contributed by atoms with Gasteiger partial charge in [-0.15, -0.1) is 0 Å². The minimum Gasteiger partial charge on any atom is -0.311 e. The van der Waals surface area contributed by atoms with Crippen molar-refractivity contribution in [3.05, 3.63) is 70.8 Å². The summed E-state index contributed by atoms with van der Waals surface area (Å²) in [7, 11) is -2.53. The first-order valence-electron chi connectivity index (χ1n) is 13.2. The fraction of sp³-hybridized carbons (Fsp3) is 0.429. The maximum absolute atomic E-state index is 12.3. The zero-order valence-corrected chi connectivity index (χ0v) is 22.4. The molecule has 4 amide bonds. The summed E-state index contributed by atoms with van der Waals surface area (Å²) in [5.74, 6) is -0.917. The second kappa shape index (κ2) is 13.6. The van der Waals surface area contributed by atoms with Crippen LogP contribution in [0, 0.1) is 0 Å². The molecule has 0 fully saturated rings. The van der Waals surface area contributed by atoms with Crippen molar-refractivity contribution in [2.45, 2.75) is 51.4 Å². The molecule has 0 aliphatic carbocycles. The second-order valence-electron chi connectivity index (χ2n) is 9.39. The van der Waals surface area contributed by atoms with Crippen molar-refractivity contribution in [1.29, 1.82) is 0 Å². The smallest absolute Gasteiger partial charge is 0.311 e. The molecule has 0 saturated heterocycles. The van der Waals surface area contributed by atoms with Gasteiger partial charge in [0.1, 0.15) is 0 Å². The highest BCUT2D eigenvalue weighted by molar-refractivity contribution is 7.33. The summed E-state index contributed by atoms with van der Waals surface area (Å²) in [6.45, 7) is 1.46. The predicted molar refractivity (Wildman–Crippen MR) is 141 cm³/mol. The number of benzene rings is 2. The van der Waals surface area contributed by atoms with Crippen molar-refractivity contribution >= 4 is 31.9 Å². The predicted octanol–water partition coefficient (Wildman–Crippen LogP) is 5.12. The Morgan fingerprint density at radius 1 is 0.500 bits per heavy atom. The van der Waals surface area contributed by atoms with Crippen LogP contribution in [0.15, 0.2) is 48.5 Å². The number of nitrogens with zero attached hydrogens (tertiary/aromatic N) is 2. The summed E-state index contributed by atoms with van der Waals surface area (Å²) in [5.41, 5.74) is 1.88. The highest BCUT2D eigenvalue weighted by Crippen LogP contribution is 2.26. The van der Waals surface area contributed by atoms with Crippen LogP contribution in [0.2, 0.25) is 0 Å². The van der Waals surface area contributed by atoms with Gasteiger partial charge in [-0.3, -0.25) is 33.5 Å². The number of fused-ring (bicyclic) bond motifs is 2. The average molecular weight is 541 g/mol. The Hall–Kier alpha value is -3.13. The van der Waals surface area contributed by atoms with Crippen LogP contribution >= 0.6 is 8.25 Å². The SMILES string of the molecule is O=C1c2ccccc2C(=O)N1CCCCCCO[PH](=O)OCCCCCCN1C(=O)c2ccccc2C1=O. The van der Waals surface area contributed by atoms with E-state index >= 15 is 0 Å². The van der Waals surface area contributed by atoms with Crippen molar-refractivity contribution in [3.8, 4) is 0 Å². The van der Waals surface area contributed by atoms with Crippen LogP contribution in [0.5, 0.6) is 0 Å². The third kappa shape index (κ3) is 6.65. The van der Waals surface area contributed by atoms with E-state index in [1.165, 1.54) is 9.80 Å². The molecule has 0 spiro atoms. The van der Waals surface area contributed by atoms with Crippen molar-refractivity contribution in [3.63, 3.8) is 0 Å². The Kier molecular flexibility index (Phi) is 9.98. The van der Waals surface area contributed by atoms with Gasteiger partial charge in [0.15, 0.2) is 0 Å². The lowest BCUT2D eigenvalue weighted by atomic mass is 10.1. The van der Waals surface area contributed by atoms with Gasteiger partial charge in [-0.1, -0.05) is 49.9 Å². The molecule has 2 aliphatic rings. The van der Waals surface area contributed by atoms with Gasteiger partial charge in [0, 0.05) is 13.1 Å². The van der Waals surface area contributed by atoms with Crippen molar-refractivity contribution < 1.29 is 32.8 Å². The lowest BCUT2D eigenvalue weighted by molar-refractivity contribution is 0.0636. The van der Waals surface area contributed by atoms with E-state index in [4.69, 9.17) is 9.05 Å². The Labute approximate surface area is 223 Å². The zero-order chi connectivity index (χ0) is 26.9. The zero-order valence-electron chi connectivity index (χ0n) is 21.4. The monoisotopic (exact) mass is 540 g/mol. The molecule has 0 saturated carbocycles. The van der Waals surface area contributed by atoms with E-state index in [0.717, 1.165) is 38.5 Å². The quantitative estimate of drug-likeness (QED) is 0.165. The van der Waals surface area contributed by atoms with E-state index in [1.807, 2.05) is 0 Å². The lowest BCUT2D eigenvalue weighted by Gasteiger charge is -2.13. The van der Waals surface area contributed by atoms with Gasteiger partial charge in [0.2, 0.25) is 0 Å². The van der Waals surface area contributed by atoms with Gasteiger partial charge in [-0.05, 0) is 49.9 Å². The maximum Gasteiger partial charge on any atom is 0.319 e. The topological polar surface area (TPSA) is 110 Å². The molecule has 0 N–H and O–H groups in total. The van der Waals surface area contributed by atoms with Crippen LogP contribution in [0.4, 0.5) is 0 Å². The Balaban J connectivity index is 0.970. The van der Waals surface area contributed by atoms with Gasteiger partial charge in [0.05, 0.1) is 35.5 Å². The van der Waals surface area contributed by atoms with Crippen molar-refractivity contribution in [2.75, 3.05) is 26.3 Å². The molecule has 2 aromatic carbocycles. The summed E-state index contributed by atoms with van der Waals surface area (Å²) < 4.78 is 22.4. The third-order valence-corrected chi connectivity index (χ3v) is 7.63. The van der Waals surface area contributed by atoms with E-state index in [9.17, 15) is 23.7 Å². The molecule has 202 valence electrons. The van der Waals surface area contributed by atoms with Crippen molar-refractivity contribution in [1.82, 2.24) is 9.80 Å². The number of rotatable bonds is 16. The van der Waals surface area contributed by atoms with Gasteiger partial charge < -0.3 is 9.05 Å². The summed E-state index contributed by atoms with van der Waals surface area (Å²) in [6, 6.07) is 13.7. The fourth-order valence-corrected chi connectivity index (χ4v) is 5.39. The molecule has 2 heterocycles. The number of unbranched alkanes of at least 4 members (excludes halogenated alkanes) is 6. The van der Waals surface area contributed by atoms with Gasteiger partial charge >= 0.3 is 8.25 Å². The van der Waals surface area contributed by atoms with Crippen LogP contribution in [0.25, 0.3) is 0 Å². The van der Waals surface area contributed by atoms with Crippen LogP contribution in [0.3, 0.4) is 0 Å². The molecule has 0 bridgehead atoms. The lowest BCUT2D eigenvalue weighted by Crippen LogP contribution is -2.30. The summed E-state index contributed by atoms with van der Waals surface area (Å²) in [4.78, 5) is 52.0. The average Bonchev–Trinajstić information content (AvgIpc) is 3.32. The largest absolute Gasteiger partial charge is 0.319 e. The standard InChI is InChI=1S/C28H33N2O7P/c31-25-21-13-5-6-14-22(21)26(32)29(25)17-9-1-3-11-19-36-38(35)37-20-12-4-2-10-18-30-27(33)23-15-7-8-16-24(23)28(30)34/h5-8,13-16,38H,1-4,9-12,17-20H2. The summed E-state index contributed by atoms with van der Waals surface area (Å²) in [6.07, 6.45) is 6.21. The first-order valence-corrected chi connectivity index (χ1v) is 14.4. The molecule has 38 heavy (non-hydrogen) atoms.